The van der Waals surface area contributed by atoms with Crippen LogP contribution in [0.5, 0.6) is 11.5 Å². The molecule has 0 aliphatic heterocycles. The van der Waals surface area contributed by atoms with Gasteiger partial charge in [-0.25, -0.2) is 10.2 Å². The van der Waals surface area contributed by atoms with E-state index in [-0.39, 0.29) is 16.3 Å². The number of rotatable bonds is 7. The Morgan fingerprint density at radius 3 is 2.50 bits per heavy atom. The second-order valence-electron chi connectivity index (χ2n) is 7.66. The molecule has 4 rings (SSSR count). The van der Waals surface area contributed by atoms with Gasteiger partial charge in [-0.15, -0.1) is 0 Å². The minimum absolute atomic E-state index is 0.171. The molecule has 0 bridgehead atoms. The standard InChI is InChI=1S/C27H19BrCl2N2O4/c1-16(35-20-10-7-18(28)8-11-20)26(33)32-31-15-23-21-5-3-2-4-17(21)6-13-25(23)36-27(34)22-12-9-19(29)14-24(22)30/h2-16H,1H3,(H,32,33)/b31-15-/t16-/m1/s1. The van der Waals surface area contributed by atoms with Crippen LogP contribution in [0.1, 0.15) is 22.8 Å². The SMILES string of the molecule is C[C@@H](Oc1ccc(Br)cc1)C(=O)N/N=C\c1c(OC(=O)c2ccc(Cl)cc2Cl)ccc2ccccc12. The molecular formula is C27H19BrCl2N2O4. The van der Waals surface area contributed by atoms with Crippen molar-refractivity contribution in [1.82, 2.24) is 5.43 Å². The van der Waals surface area contributed by atoms with Crippen molar-refractivity contribution in [3.8, 4) is 11.5 Å². The van der Waals surface area contributed by atoms with Crippen LogP contribution < -0.4 is 14.9 Å². The molecule has 0 aromatic heterocycles. The molecule has 4 aromatic rings. The Morgan fingerprint density at radius 2 is 1.75 bits per heavy atom. The summed E-state index contributed by atoms with van der Waals surface area (Å²) in [5.41, 5.74) is 3.15. The summed E-state index contributed by atoms with van der Waals surface area (Å²) in [4.78, 5) is 25.3. The van der Waals surface area contributed by atoms with Crippen LogP contribution >= 0.6 is 39.1 Å². The number of esters is 1. The highest BCUT2D eigenvalue weighted by molar-refractivity contribution is 9.10. The number of benzene rings is 4. The molecule has 0 aliphatic rings. The van der Waals surface area contributed by atoms with Gasteiger partial charge in [0.2, 0.25) is 0 Å². The third kappa shape index (κ3) is 6.23. The summed E-state index contributed by atoms with van der Waals surface area (Å²) in [6.07, 6.45) is 0.638. The second kappa shape index (κ2) is 11.6. The Bertz CT molecular complexity index is 1460. The molecule has 36 heavy (non-hydrogen) atoms. The van der Waals surface area contributed by atoms with Crippen LogP contribution in [0.3, 0.4) is 0 Å². The van der Waals surface area contributed by atoms with E-state index in [0.717, 1.165) is 15.2 Å². The first-order valence-electron chi connectivity index (χ1n) is 10.8. The molecule has 0 spiro atoms. The lowest BCUT2D eigenvalue weighted by atomic mass is 10.0. The number of nitrogens with one attached hydrogen (secondary N) is 1. The maximum atomic E-state index is 12.8. The first-order chi connectivity index (χ1) is 17.3. The minimum atomic E-state index is -0.791. The molecule has 0 saturated heterocycles. The highest BCUT2D eigenvalue weighted by atomic mass is 79.9. The number of fused-ring (bicyclic) bond motifs is 1. The van der Waals surface area contributed by atoms with Crippen LogP contribution in [0.15, 0.2) is 88.4 Å². The number of hydrogen-bond donors (Lipinski definition) is 1. The van der Waals surface area contributed by atoms with Crippen molar-refractivity contribution >= 4 is 68.0 Å². The topological polar surface area (TPSA) is 77.0 Å². The van der Waals surface area contributed by atoms with E-state index in [2.05, 4.69) is 26.5 Å². The van der Waals surface area contributed by atoms with Gasteiger partial charge in [0, 0.05) is 15.1 Å². The van der Waals surface area contributed by atoms with Gasteiger partial charge in [-0.1, -0.05) is 69.5 Å². The van der Waals surface area contributed by atoms with Gasteiger partial charge in [0.15, 0.2) is 6.10 Å². The third-order valence-corrected chi connectivity index (χ3v) is 6.22. The average Bonchev–Trinajstić information content (AvgIpc) is 2.86. The van der Waals surface area contributed by atoms with E-state index >= 15 is 0 Å². The molecular weight excluding hydrogens is 567 g/mol. The van der Waals surface area contributed by atoms with Crippen molar-refractivity contribution in [2.75, 3.05) is 0 Å². The first-order valence-corrected chi connectivity index (χ1v) is 12.3. The minimum Gasteiger partial charge on any atom is -0.481 e. The Kier molecular flexibility index (Phi) is 8.25. The van der Waals surface area contributed by atoms with Crippen molar-refractivity contribution in [2.24, 2.45) is 5.10 Å². The normalized spacial score (nSPS) is 11.9. The molecule has 6 nitrogen and oxygen atoms in total. The summed E-state index contributed by atoms with van der Waals surface area (Å²) >= 11 is 15.5. The molecule has 182 valence electrons. The summed E-state index contributed by atoms with van der Waals surface area (Å²) in [5.74, 6) is -0.293. The van der Waals surface area contributed by atoms with Crippen molar-refractivity contribution in [1.29, 1.82) is 0 Å². The molecule has 1 amide bonds. The zero-order chi connectivity index (χ0) is 25.7. The Morgan fingerprint density at radius 1 is 1.00 bits per heavy atom. The maximum absolute atomic E-state index is 12.8. The van der Waals surface area contributed by atoms with Crippen molar-refractivity contribution in [3.05, 3.63) is 105 Å². The fourth-order valence-corrected chi connectivity index (χ4v) is 4.08. The molecule has 0 radical (unpaired) electrons. The van der Waals surface area contributed by atoms with Gasteiger partial charge in [0.05, 0.1) is 16.8 Å². The van der Waals surface area contributed by atoms with Crippen molar-refractivity contribution in [2.45, 2.75) is 13.0 Å². The Hall–Kier alpha value is -3.39. The fraction of sp³-hybridized carbons (Fsp3) is 0.0741. The number of amides is 1. The highest BCUT2D eigenvalue weighted by Gasteiger charge is 2.17. The molecule has 9 heteroatoms. The van der Waals surface area contributed by atoms with Crippen LogP contribution in [0.2, 0.25) is 10.0 Å². The first kappa shape index (κ1) is 25.7. The van der Waals surface area contributed by atoms with E-state index in [4.69, 9.17) is 32.7 Å². The van der Waals surface area contributed by atoms with E-state index in [9.17, 15) is 9.59 Å². The van der Waals surface area contributed by atoms with E-state index in [1.54, 1.807) is 31.2 Å². The molecule has 0 aliphatic carbocycles. The van der Waals surface area contributed by atoms with Gasteiger partial charge < -0.3 is 9.47 Å². The van der Waals surface area contributed by atoms with Crippen LogP contribution in [-0.2, 0) is 4.79 Å². The van der Waals surface area contributed by atoms with Gasteiger partial charge in [-0.3, -0.25) is 4.79 Å². The maximum Gasteiger partial charge on any atom is 0.345 e. The largest absolute Gasteiger partial charge is 0.481 e. The van der Waals surface area contributed by atoms with E-state index in [0.29, 0.717) is 16.3 Å². The number of ether oxygens (including phenoxy) is 2. The van der Waals surface area contributed by atoms with Gasteiger partial charge >= 0.3 is 5.97 Å². The molecule has 0 saturated carbocycles. The number of carbonyl (C=O) groups is 2. The van der Waals surface area contributed by atoms with Crippen LogP contribution in [0.4, 0.5) is 0 Å². The lowest BCUT2D eigenvalue weighted by Crippen LogP contribution is -2.33. The highest BCUT2D eigenvalue weighted by Crippen LogP contribution is 2.29. The third-order valence-electron chi connectivity index (χ3n) is 5.15. The summed E-state index contributed by atoms with van der Waals surface area (Å²) in [7, 11) is 0. The van der Waals surface area contributed by atoms with Crippen molar-refractivity contribution in [3.63, 3.8) is 0 Å². The van der Waals surface area contributed by atoms with E-state index in [1.165, 1.54) is 18.3 Å². The molecule has 0 heterocycles. The van der Waals surface area contributed by atoms with Crippen LogP contribution in [0.25, 0.3) is 10.8 Å². The van der Waals surface area contributed by atoms with Crippen LogP contribution in [0, 0.1) is 0 Å². The predicted octanol–water partition coefficient (Wildman–Crippen LogP) is 7.05. The quantitative estimate of drug-likeness (QED) is 0.109. The second-order valence-corrected chi connectivity index (χ2v) is 9.42. The number of halogens is 3. The Balaban J connectivity index is 1.54. The van der Waals surface area contributed by atoms with Gasteiger partial charge in [-0.2, -0.15) is 5.10 Å². The molecule has 0 fully saturated rings. The van der Waals surface area contributed by atoms with Gasteiger partial charge in [0.1, 0.15) is 11.5 Å². The number of hydrazone groups is 1. The molecule has 1 N–H and O–H groups in total. The summed E-state index contributed by atoms with van der Waals surface area (Å²) in [6, 6.07) is 22.7. The zero-order valence-corrected chi connectivity index (χ0v) is 22.0. The average molecular weight is 586 g/mol. The monoisotopic (exact) mass is 584 g/mol. The lowest BCUT2D eigenvalue weighted by molar-refractivity contribution is -0.127. The lowest BCUT2D eigenvalue weighted by Gasteiger charge is -2.13. The number of carbonyl (C=O) groups excluding carboxylic acids is 2. The summed E-state index contributed by atoms with van der Waals surface area (Å²) in [5, 5.41) is 6.36. The smallest absolute Gasteiger partial charge is 0.345 e. The van der Waals surface area contributed by atoms with Crippen LogP contribution in [-0.4, -0.2) is 24.2 Å². The molecule has 4 aromatic carbocycles. The van der Waals surface area contributed by atoms with E-state index in [1.807, 2.05) is 42.5 Å². The number of nitrogens with zero attached hydrogens (tertiary/aromatic N) is 1. The Labute approximate surface area is 225 Å². The molecule has 1 atom stereocenters. The van der Waals surface area contributed by atoms with Gasteiger partial charge in [0.25, 0.3) is 5.91 Å². The number of hydrogen-bond acceptors (Lipinski definition) is 5. The predicted molar refractivity (Wildman–Crippen MR) is 145 cm³/mol. The zero-order valence-electron chi connectivity index (χ0n) is 18.9. The fourth-order valence-electron chi connectivity index (χ4n) is 3.33. The van der Waals surface area contributed by atoms with Gasteiger partial charge in [-0.05, 0) is 66.2 Å². The summed E-state index contributed by atoms with van der Waals surface area (Å²) in [6.45, 7) is 1.62. The van der Waals surface area contributed by atoms with Crippen molar-refractivity contribution < 1.29 is 19.1 Å². The molecule has 0 unspecified atom stereocenters. The van der Waals surface area contributed by atoms with E-state index < -0.39 is 18.0 Å². The summed E-state index contributed by atoms with van der Waals surface area (Å²) < 4.78 is 12.2.